The van der Waals surface area contributed by atoms with Gasteiger partial charge in [0, 0.05) is 11.6 Å². The summed E-state index contributed by atoms with van der Waals surface area (Å²) in [6.45, 7) is 8.21. The Morgan fingerprint density at radius 3 is 2.55 bits per heavy atom. The number of hydrogen-bond donors (Lipinski definition) is 2. The van der Waals surface area contributed by atoms with Crippen LogP contribution in [0.2, 0.25) is 0 Å². The van der Waals surface area contributed by atoms with Gasteiger partial charge in [-0.05, 0) is 69.8 Å². The number of nitrogens with one attached hydrogen (secondary N) is 2. The molecule has 3 nitrogen and oxygen atoms in total. The van der Waals surface area contributed by atoms with E-state index in [1.807, 2.05) is 26.0 Å². The smallest absolute Gasteiger partial charge is 0.251 e. The molecule has 0 aliphatic carbocycles. The van der Waals surface area contributed by atoms with E-state index in [1.54, 1.807) is 0 Å². The monoisotopic (exact) mass is 296 g/mol. The molecular weight excluding hydrogens is 272 g/mol. The normalized spacial score (nSPS) is 15.8. The van der Waals surface area contributed by atoms with Gasteiger partial charge in [0.2, 0.25) is 0 Å². The number of halogens is 1. The standard InChI is InChI=1S/C16H24N2O.ClH/c1-11(2)18-16(19)15-6-4-5-14(12(15)3)13-7-9-17-10-8-13;/h4-6,11,13,17H,7-10H2,1-3H3,(H,18,19);1H. The van der Waals surface area contributed by atoms with Crippen molar-refractivity contribution in [3.05, 3.63) is 34.9 Å². The van der Waals surface area contributed by atoms with E-state index in [0.717, 1.165) is 37.1 Å². The third-order valence-corrected chi connectivity index (χ3v) is 3.82. The SMILES string of the molecule is Cc1c(C(=O)NC(C)C)cccc1C1CCNCC1.Cl. The average Bonchev–Trinajstić information content (AvgIpc) is 2.39. The summed E-state index contributed by atoms with van der Waals surface area (Å²) in [5.74, 6) is 0.635. The summed E-state index contributed by atoms with van der Waals surface area (Å²) >= 11 is 0. The first-order valence-corrected chi connectivity index (χ1v) is 7.20. The van der Waals surface area contributed by atoms with E-state index in [1.165, 1.54) is 5.56 Å². The van der Waals surface area contributed by atoms with Crippen molar-refractivity contribution in [2.24, 2.45) is 0 Å². The van der Waals surface area contributed by atoms with Crippen LogP contribution >= 0.6 is 12.4 Å². The van der Waals surface area contributed by atoms with Gasteiger partial charge in [-0.3, -0.25) is 4.79 Å². The fourth-order valence-electron chi connectivity index (χ4n) is 2.81. The molecule has 1 aliphatic heterocycles. The molecule has 0 saturated carbocycles. The summed E-state index contributed by atoms with van der Waals surface area (Å²) in [6.07, 6.45) is 2.33. The number of carbonyl (C=O) groups excluding carboxylic acids is 1. The lowest BCUT2D eigenvalue weighted by atomic mass is 9.86. The van der Waals surface area contributed by atoms with Crippen LogP contribution in [0, 0.1) is 6.92 Å². The fourth-order valence-corrected chi connectivity index (χ4v) is 2.81. The molecule has 1 amide bonds. The zero-order valence-electron chi connectivity index (χ0n) is 12.5. The van der Waals surface area contributed by atoms with E-state index < -0.39 is 0 Å². The van der Waals surface area contributed by atoms with E-state index in [-0.39, 0.29) is 24.4 Å². The first-order chi connectivity index (χ1) is 9.09. The summed E-state index contributed by atoms with van der Waals surface area (Å²) in [4.78, 5) is 12.2. The minimum absolute atomic E-state index is 0. The predicted octanol–water partition coefficient (Wildman–Crippen LogP) is 3.02. The maximum absolute atomic E-state index is 12.2. The average molecular weight is 297 g/mol. The van der Waals surface area contributed by atoms with Crippen LogP contribution in [-0.4, -0.2) is 25.0 Å². The van der Waals surface area contributed by atoms with E-state index in [2.05, 4.69) is 23.6 Å². The molecule has 1 heterocycles. The van der Waals surface area contributed by atoms with Crippen molar-refractivity contribution in [3.63, 3.8) is 0 Å². The van der Waals surface area contributed by atoms with E-state index >= 15 is 0 Å². The van der Waals surface area contributed by atoms with E-state index in [9.17, 15) is 4.79 Å². The second-order valence-electron chi connectivity index (χ2n) is 5.67. The molecule has 4 heteroatoms. The molecule has 2 rings (SSSR count). The number of rotatable bonds is 3. The number of benzene rings is 1. The van der Waals surface area contributed by atoms with Crippen molar-refractivity contribution >= 4 is 18.3 Å². The minimum atomic E-state index is 0. The van der Waals surface area contributed by atoms with Crippen LogP contribution < -0.4 is 10.6 Å². The molecule has 0 atom stereocenters. The van der Waals surface area contributed by atoms with Gasteiger partial charge >= 0.3 is 0 Å². The maximum Gasteiger partial charge on any atom is 0.251 e. The molecule has 0 spiro atoms. The fraction of sp³-hybridized carbons (Fsp3) is 0.562. The largest absolute Gasteiger partial charge is 0.350 e. The quantitative estimate of drug-likeness (QED) is 0.900. The van der Waals surface area contributed by atoms with Gasteiger partial charge in [-0.2, -0.15) is 0 Å². The van der Waals surface area contributed by atoms with Gasteiger partial charge in [-0.15, -0.1) is 12.4 Å². The van der Waals surface area contributed by atoms with Gasteiger partial charge in [0.25, 0.3) is 5.91 Å². The zero-order chi connectivity index (χ0) is 13.8. The highest BCUT2D eigenvalue weighted by Crippen LogP contribution is 2.29. The molecular formula is C16H25ClN2O. The molecule has 1 aromatic rings. The van der Waals surface area contributed by atoms with Crippen LogP contribution in [0.4, 0.5) is 0 Å². The van der Waals surface area contributed by atoms with Crippen molar-refractivity contribution in [1.82, 2.24) is 10.6 Å². The highest BCUT2D eigenvalue weighted by atomic mass is 35.5. The van der Waals surface area contributed by atoms with Gasteiger partial charge in [0.05, 0.1) is 0 Å². The maximum atomic E-state index is 12.2. The molecule has 1 saturated heterocycles. The van der Waals surface area contributed by atoms with Crippen molar-refractivity contribution in [2.45, 2.75) is 45.6 Å². The Balaban J connectivity index is 0.00000200. The van der Waals surface area contributed by atoms with Gasteiger partial charge in [0.1, 0.15) is 0 Å². The number of amides is 1. The van der Waals surface area contributed by atoms with Crippen molar-refractivity contribution < 1.29 is 4.79 Å². The van der Waals surface area contributed by atoms with Crippen molar-refractivity contribution in [3.8, 4) is 0 Å². The summed E-state index contributed by atoms with van der Waals surface area (Å²) in [5, 5.41) is 6.37. The second kappa shape index (κ2) is 7.65. The molecule has 0 aromatic heterocycles. The summed E-state index contributed by atoms with van der Waals surface area (Å²) in [5.41, 5.74) is 3.31. The molecule has 1 fully saturated rings. The Morgan fingerprint density at radius 1 is 1.30 bits per heavy atom. The number of hydrogen-bond acceptors (Lipinski definition) is 2. The highest BCUT2D eigenvalue weighted by molar-refractivity contribution is 5.96. The minimum Gasteiger partial charge on any atom is -0.350 e. The van der Waals surface area contributed by atoms with E-state index in [0.29, 0.717) is 5.92 Å². The lowest BCUT2D eigenvalue weighted by molar-refractivity contribution is 0.0942. The Morgan fingerprint density at radius 2 is 1.95 bits per heavy atom. The van der Waals surface area contributed by atoms with Crippen LogP contribution in [-0.2, 0) is 0 Å². The summed E-state index contributed by atoms with van der Waals surface area (Å²) < 4.78 is 0. The summed E-state index contributed by atoms with van der Waals surface area (Å²) in [7, 11) is 0. The van der Waals surface area contributed by atoms with E-state index in [4.69, 9.17) is 0 Å². The molecule has 112 valence electrons. The molecule has 0 bridgehead atoms. The molecule has 0 unspecified atom stereocenters. The molecule has 20 heavy (non-hydrogen) atoms. The van der Waals surface area contributed by atoms with Gasteiger partial charge in [-0.1, -0.05) is 12.1 Å². The van der Waals surface area contributed by atoms with Gasteiger partial charge < -0.3 is 10.6 Å². The second-order valence-corrected chi connectivity index (χ2v) is 5.67. The molecule has 0 radical (unpaired) electrons. The Hall–Kier alpha value is -1.06. The van der Waals surface area contributed by atoms with Crippen LogP contribution in [0.3, 0.4) is 0 Å². The molecule has 1 aliphatic rings. The Kier molecular flexibility index (Phi) is 6.50. The van der Waals surface area contributed by atoms with Gasteiger partial charge in [0.15, 0.2) is 0 Å². The molecule has 1 aromatic carbocycles. The number of carbonyl (C=O) groups is 1. The summed E-state index contributed by atoms with van der Waals surface area (Å²) in [6, 6.07) is 6.30. The van der Waals surface area contributed by atoms with Gasteiger partial charge in [-0.25, -0.2) is 0 Å². The lowest BCUT2D eigenvalue weighted by Gasteiger charge is -2.25. The highest BCUT2D eigenvalue weighted by Gasteiger charge is 2.20. The third kappa shape index (κ3) is 3.97. The first-order valence-electron chi connectivity index (χ1n) is 7.20. The van der Waals surface area contributed by atoms with Crippen LogP contribution in [0.15, 0.2) is 18.2 Å². The third-order valence-electron chi connectivity index (χ3n) is 3.82. The Labute approximate surface area is 127 Å². The number of piperidine rings is 1. The van der Waals surface area contributed by atoms with Crippen LogP contribution in [0.1, 0.15) is 54.1 Å². The van der Waals surface area contributed by atoms with Crippen molar-refractivity contribution in [2.75, 3.05) is 13.1 Å². The van der Waals surface area contributed by atoms with Crippen molar-refractivity contribution in [1.29, 1.82) is 0 Å². The Bertz CT molecular complexity index is 454. The van der Waals surface area contributed by atoms with Crippen LogP contribution in [0.25, 0.3) is 0 Å². The lowest BCUT2D eigenvalue weighted by Crippen LogP contribution is -2.31. The topological polar surface area (TPSA) is 41.1 Å². The zero-order valence-corrected chi connectivity index (χ0v) is 13.3. The first kappa shape index (κ1) is 17.0. The molecule has 2 N–H and O–H groups in total. The predicted molar refractivity (Wildman–Crippen MR) is 85.9 cm³/mol. The van der Waals surface area contributed by atoms with Crippen LogP contribution in [0.5, 0.6) is 0 Å².